The van der Waals surface area contributed by atoms with E-state index in [4.69, 9.17) is 4.98 Å². The number of carbonyl (C=O) groups is 1. The number of carbonyl (C=O) groups excluding carboxylic acids is 1. The molecule has 0 N–H and O–H groups in total. The van der Waals surface area contributed by atoms with E-state index in [-0.39, 0.29) is 17.1 Å². The average Bonchev–Trinajstić information content (AvgIpc) is 3.24. The van der Waals surface area contributed by atoms with E-state index in [1.165, 1.54) is 23.1 Å². The lowest BCUT2D eigenvalue weighted by Gasteiger charge is -2.11. The molecule has 4 aromatic rings. The number of hydrogen-bond donors (Lipinski definition) is 0. The van der Waals surface area contributed by atoms with Crippen LogP contribution in [0.25, 0.3) is 15.9 Å². The number of para-hydroxylation sites is 1. The van der Waals surface area contributed by atoms with Crippen molar-refractivity contribution < 1.29 is 4.79 Å². The molecule has 0 fully saturated rings. The Kier molecular flexibility index (Phi) is 6.22. The minimum atomic E-state index is -0.0750. The Morgan fingerprint density at radius 3 is 2.59 bits per heavy atom. The number of thioether (sulfide) groups is 1. The Bertz CT molecular complexity index is 1390. The maximum atomic E-state index is 13.1. The summed E-state index contributed by atoms with van der Waals surface area (Å²) in [5.41, 5.74) is 4.55. The predicted octanol–water partition coefficient (Wildman–Crippen LogP) is 5.64. The standard InChI is InChI=1S/C25H25N3O2S2/c1-6-12-27-24(30)22-16(3)18(5)32-23(22)26-25(27)31-14-21(29)20-13-15(2)28(17(20)4)19-10-8-7-9-11-19/h6-11,13H,1,12,14H2,2-5H3. The first kappa shape index (κ1) is 22.3. The van der Waals surface area contributed by atoms with E-state index in [9.17, 15) is 9.59 Å². The van der Waals surface area contributed by atoms with E-state index in [0.29, 0.717) is 22.7 Å². The number of thiophene rings is 1. The molecule has 0 bridgehead atoms. The second-order valence-corrected chi connectivity index (χ2v) is 9.88. The highest BCUT2D eigenvalue weighted by Crippen LogP contribution is 2.29. The van der Waals surface area contributed by atoms with Crippen LogP contribution in [-0.2, 0) is 6.54 Å². The molecule has 32 heavy (non-hydrogen) atoms. The number of nitrogens with zero attached hydrogens (tertiary/aromatic N) is 3. The van der Waals surface area contributed by atoms with E-state index in [2.05, 4.69) is 11.1 Å². The van der Waals surface area contributed by atoms with Crippen molar-refractivity contribution in [3.05, 3.63) is 86.8 Å². The van der Waals surface area contributed by atoms with Gasteiger partial charge in [-0.1, -0.05) is 36.0 Å². The van der Waals surface area contributed by atoms with Crippen molar-refractivity contribution in [3.8, 4) is 5.69 Å². The van der Waals surface area contributed by atoms with Crippen molar-refractivity contribution in [2.45, 2.75) is 39.4 Å². The third-order valence-electron chi connectivity index (χ3n) is 5.64. The lowest BCUT2D eigenvalue weighted by Crippen LogP contribution is -2.23. The molecule has 0 aliphatic heterocycles. The second-order valence-electron chi connectivity index (χ2n) is 7.73. The van der Waals surface area contributed by atoms with Crippen LogP contribution >= 0.6 is 23.1 Å². The fraction of sp³-hybridized carbons (Fsp3) is 0.240. The third-order valence-corrected chi connectivity index (χ3v) is 7.72. The van der Waals surface area contributed by atoms with Crippen LogP contribution in [0.15, 0.2) is 59.0 Å². The molecule has 3 heterocycles. The molecule has 3 aromatic heterocycles. The molecule has 164 valence electrons. The van der Waals surface area contributed by atoms with Crippen molar-refractivity contribution >= 4 is 39.1 Å². The van der Waals surface area contributed by atoms with Crippen LogP contribution in [0.4, 0.5) is 0 Å². The van der Waals surface area contributed by atoms with Crippen molar-refractivity contribution in [2.75, 3.05) is 5.75 Å². The Labute approximate surface area is 195 Å². The summed E-state index contributed by atoms with van der Waals surface area (Å²) >= 11 is 2.82. The zero-order chi connectivity index (χ0) is 23.0. The van der Waals surface area contributed by atoms with Crippen LogP contribution in [0, 0.1) is 27.7 Å². The van der Waals surface area contributed by atoms with Gasteiger partial charge in [0, 0.05) is 34.1 Å². The number of rotatable bonds is 7. The molecule has 1 aromatic carbocycles. The third kappa shape index (κ3) is 3.87. The predicted molar refractivity (Wildman–Crippen MR) is 134 cm³/mol. The molecular weight excluding hydrogens is 438 g/mol. The number of hydrogen-bond acceptors (Lipinski definition) is 5. The van der Waals surface area contributed by atoms with Gasteiger partial charge >= 0.3 is 0 Å². The summed E-state index contributed by atoms with van der Waals surface area (Å²) in [6.07, 6.45) is 1.68. The van der Waals surface area contributed by atoms with Gasteiger partial charge in [0.2, 0.25) is 0 Å². The highest BCUT2D eigenvalue weighted by atomic mass is 32.2. The maximum Gasteiger partial charge on any atom is 0.263 e. The number of fused-ring (bicyclic) bond motifs is 1. The van der Waals surface area contributed by atoms with E-state index in [1.54, 1.807) is 10.6 Å². The Balaban J connectivity index is 1.66. The molecule has 0 unspecified atom stereocenters. The summed E-state index contributed by atoms with van der Waals surface area (Å²) < 4.78 is 3.70. The van der Waals surface area contributed by atoms with Crippen LogP contribution in [0.1, 0.15) is 32.2 Å². The van der Waals surface area contributed by atoms with Gasteiger partial charge in [-0.05, 0) is 51.5 Å². The topological polar surface area (TPSA) is 56.9 Å². The fourth-order valence-corrected chi connectivity index (χ4v) is 5.90. The van der Waals surface area contributed by atoms with Gasteiger partial charge in [-0.25, -0.2) is 4.98 Å². The minimum Gasteiger partial charge on any atom is -0.318 e. The van der Waals surface area contributed by atoms with E-state index in [1.807, 2.05) is 64.1 Å². The Morgan fingerprint density at radius 2 is 1.91 bits per heavy atom. The summed E-state index contributed by atoms with van der Waals surface area (Å²) in [6, 6.07) is 11.9. The van der Waals surface area contributed by atoms with Gasteiger partial charge in [-0.15, -0.1) is 17.9 Å². The lowest BCUT2D eigenvalue weighted by molar-refractivity contribution is 0.102. The molecule has 0 aliphatic carbocycles. The molecular formula is C25H25N3O2S2. The average molecular weight is 464 g/mol. The second kappa shape index (κ2) is 8.92. The molecule has 0 aliphatic rings. The number of ketones is 1. The molecule has 5 nitrogen and oxygen atoms in total. The van der Waals surface area contributed by atoms with Gasteiger partial charge < -0.3 is 4.57 Å². The summed E-state index contributed by atoms with van der Waals surface area (Å²) in [5, 5.41) is 1.21. The highest BCUT2D eigenvalue weighted by Gasteiger charge is 2.20. The van der Waals surface area contributed by atoms with Gasteiger partial charge in [0.05, 0.1) is 11.1 Å². The van der Waals surface area contributed by atoms with Gasteiger partial charge in [-0.2, -0.15) is 0 Å². The van der Waals surface area contributed by atoms with Crippen molar-refractivity contribution in [1.29, 1.82) is 0 Å². The Morgan fingerprint density at radius 1 is 1.19 bits per heavy atom. The van der Waals surface area contributed by atoms with Crippen LogP contribution in [0.5, 0.6) is 0 Å². The van der Waals surface area contributed by atoms with E-state index < -0.39 is 0 Å². The largest absolute Gasteiger partial charge is 0.318 e. The van der Waals surface area contributed by atoms with Gasteiger partial charge in [0.25, 0.3) is 5.56 Å². The van der Waals surface area contributed by atoms with Crippen molar-refractivity contribution in [2.24, 2.45) is 0 Å². The molecule has 0 radical (unpaired) electrons. The van der Waals surface area contributed by atoms with E-state index >= 15 is 0 Å². The monoisotopic (exact) mass is 463 g/mol. The number of aromatic nitrogens is 3. The zero-order valence-corrected chi connectivity index (χ0v) is 20.3. The fourth-order valence-electron chi connectivity index (χ4n) is 3.94. The molecule has 0 saturated carbocycles. The smallest absolute Gasteiger partial charge is 0.263 e. The molecule has 0 saturated heterocycles. The number of Topliss-reactive ketones (excluding diaryl/α,β-unsaturated/α-hetero) is 1. The summed E-state index contributed by atoms with van der Waals surface area (Å²) in [7, 11) is 0. The number of allylic oxidation sites excluding steroid dienone is 1. The van der Waals surface area contributed by atoms with Crippen LogP contribution < -0.4 is 5.56 Å². The van der Waals surface area contributed by atoms with Crippen LogP contribution in [-0.4, -0.2) is 25.7 Å². The van der Waals surface area contributed by atoms with Crippen LogP contribution in [0.3, 0.4) is 0 Å². The number of aryl methyl sites for hydroxylation is 3. The quantitative estimate of drug-likeness (QED) is 0.154. The molecule has 0 spiro atoms. The normalized spacial score (nSPS) is 11.2. The Hall–Kier alpha value is -2.90. The molecule has 7 heteroatoms. The first-order valence-corrected chi connectivity index (χ1v) is 12.2. The SMILES string of the molecule is C=CCn1c(SCC(=O)c2cc(C)n(-c3ccccc3)c2C)nc2sc(C)c(C)c2c1=O. The maximum absolute atomic E-state index is 13.1. The molecule has 4 rings (SSSR count). The first-order chi connectivity index (χ1) is 15.3. The summed E-state index contributed by atoms with van der Waals surface area (Å²) in [4.78, 5) is 32.8. The van der Waals surface area contributed by atoms with Crippen molar-refractivity contribution in [3.63, 3.8) is 0 Å². The number of benzene rings is 1. The minimum absolute atomic E-state index is 0.0170. The highest BCUT2D eigenvalue weighted by molar-refractivity contribution is 7.99. The van der Waals surface area contributed by atoms with Gasteiger partial charge in [0.15, 0.2) is 10.9 Å². The molecule has 0 amide bonds. The van der Waals surface area contributed by atoms with Crippen molar-refractivity contribution in [1.82, 2.24) is 14.1 Å². The lowest BCUT2D eigenvalue weighted by atomic mass is 10.2. The van der Waals surface area contributed by atoms with Gasteiger partial charge in [0.1, 0.15) is 4.83 Å². The summed E-state index contributed by atoms with van der Waals surface area (Å²) in [5.74, 6) is 0.223. The van der Waals surface area contributed by atoms with Crippen LogP contribution in [0.2, 0.25) is 0 Å². The molecule has 0 atom stereocenters. The summed E-state index contributed by atoms with van der Waals surface area (Å²) in [6.45, 7) is 12.1. The van der Waals surface area contributed by atoms with E-state index in [0.717, 1.165) is 32.3 Å². The van der Waals surface area contributed by atoms with Gasteiger partial charge in [-0.3, -0.25) is 14.2 Å². The first-order valence-electron chi connectivity index (χ1n) is 10.3. The zero-order valence-electron chi connectivity index (χ0n) is 18.6.